The summed E-state index contributed by atoms with van der Waals surface area (Å²) in [5.41, 5.74) is 0. The minimum absolute atomic E-state index is 0.142. The molecule has 0 saturated carbocycles. The van der Waals surface area contributed by atoms with E-state index < -0.39 is 13.9 Å². The fourth-order valence-electron chi connectivity index (χ4n) is 4.00. The first kappa shape index (κ1) is 38.5. The number of phosphoric acid groups is 1. The zero-order valence-electron chi connectivity index (χ0n) is 26.1. The van der Waals surface area contributed by atoms with Crippen molar-refractivity contribution in [3.63, 3.8) is 0 Å². The van der Waals surface area contributed by atoms with Crippen LogP contribution in [0.4, 0.5) is 0 Å². The van der Waals surface area contributed by atoms with Crippen LogP contribution in [0.2, 0.25) is 0 Å². The highest BCUT2D eigenvalue weighted by Gasteiger charge is 2.27. The second-order valence-corrected chi connectivity index (χ2v) is 13.0. The van der Waals surface area contributed by atoms with E-state index in [1.165, 1.54) is 90.6 Å². The molecule has 8 heteroatoms. The molecule has 0 radical (unpaired) electrons. The predicted molar refractivity (Wildman–Crippen MR) is 164 cm³/mol. The Labute approximate surface area is 241 Å². The Morgan fingerprint density at radius 3 is 1.69 bits per heavy atom. The maximum atomic E-state index is 12.2. The molecular weight excluding hydrogens is 513 g/mol. The number of likely N-dealkylation sites (N-methyl/N-ethyl adjacent to an activating group) is 1. The third-order valence-electron chi connectivity index (χ3n) is 6.41. The molecule has 0 fully saturated rings. The zero-order chi connectivity index (χ0) is 29.1. The summed E-state index contributed by atoms with van der Waals surface area (Å²) in [6.45, 7) is 3.95. The van der Waals surface area contributed by atoms with Crippen LogP contribution >= 0.6 is 7.82 Å². The van der Waals surface area contributed by atoms with Crippen molar-refractivity contribution in [1.29, 1.82) is 0 Å². The van der Waals surface area contributed by atoms with Crippen LogP contribution in [-0.4, -0.2) is 76.7 Å². The van der Waals surface area contributed by atoms with Gasteiger partial charge in [-0.1, -0.05) is 82.6 Å². The smallest absolute Gasteiger partial charge is 0.382 e. The van der Waals surface area contributed by atoms with Crippen LogP contribution in [0, 0.1) is 0 Å². The molecule has 1 N–H and O–H groups in total. The van der Waals surface area contributed by atoms with Gasteiger partial charge in [0.25, 0.3) is 0 Å². The molecule has 2 atom stereocenters. The second kappa shape index (κ2) is 26.4. The van der Waals surface area contributed by atoms with E-state index >= 15 is 0 Å². The lowest BCUT2D eigenvalue weighted by Gasteiger charge is -2.25. The van der Waals surface area contributed by atoms with E-state index in [1.54, 1.807) is 0 Å². The van der Waals surface area contributed by atoms with Crippen molar-refractivity contribution < 1.29 is 32.5 Å². The number of methoxy groups -OCH3 is 1. The van der Waals surface area contributed by atoms with Crippen molar-refractivity contribution in [3.05, 3.63) is 24.3 Å². The van der Waals surface area contributed by atoms with E-state index in [9.17, 15) is 9.46 Å². The van der Waals surface area contributed by atoms with Crippen LogP contribution < -0.4 is 0 Å². The molecule has 0 aliphatic rings. The Morgan fingerprint density at radius 1 is 0.718 bits per heavy atom. The summed E-state index contributed by atoms with van der Waals surface area (Å²) in [5, 5.41) is 0. The summed E-state index contributed by atoms with van der Waals surface area (Å²) in [6.07, 6.45) is 28.9. The molecule has 0 aliphatic carbocycles. The molecule has 39 heavy (non-hydrogen) atoms. The van der Waals surface area contributed by atoms with Crippen LogP contribution in [0.5, 0.6) is 0 Å². The van der Waals surface area contributed by atoms with Gasteiger partial charge in [0.2, 0.25) is 0 Å². The summed E-state index contributed by atoms with van der Waals surface area (Å²) in [4.78, 5) is 9.97. The van der Waals surface area contributed by atoms with Crippen LogP contribution in [0.3, 0.4) is 0 Å². The third kappa shape index (κ3) is 30.3. The number of allylic oxidation sites excluding steroid dienone is 4. The fraction of sp³-hybridized carbons (Fsp3) is 0.871. The number of ether oxygens (including phenoxy) is 2. The maximum absolute atomic E-state index is 12.2. The van der Waals surface area contributed by atoms with Gasteiger partial charge in [0.15, 0.2) is 0 Å². The monoisotopic (exact) mass is 576 g/mol. The Hall–Kier alpha value is -0.530. The molecule has 0 spiro atoms. The molecule has 232 valence electrons. The van der Waals surface area contributed by atoms with E-state index in [1.807, 2.05) is 21.1 Å². The standard InChI is InChI=1S/C31H62NO6P/c1-6-7-8-9-10-11-12-13-14-15-16-17-18-19-20-21-22-23-24-25-27-36-30-31(29-35-5)38-39(33,34)37-28-26-32(2,3)4/h9-10,21-22,31H,6-8,11-20,23-30H2,1-5H3/p+1/t31-/m0/s1. The van der Waals surface area contributed by atoms with E-state index in [4.69, 9.17) is 18.5 Å². The highest BCUT2D eigenvalue weighted by molar-refractivity contribution is 7.47. The first-order valence-corrected chi connectivity index (χ1v) is 17.0. The van der Waals surface area contributed by atoms with Gasteiger partial charge in [-0.3, -0.25) is 9.05 Å². The van der Waals surface area contributed by atoms with Gasteiger partial charge >= 0.3 is 7.82 Å². The van der Waals surface area contributed by atoms with Gasteiger partial charge in [0.05, 0.1) is 34.4 Å². The lowest BCUT2D eigenvalue weighted by molar-refractivity contribution is -0.870. The van der Waals surface area contributed by atoms with Gasteiger partial charge in [-0.2, -0.15) is 0 Å². The van der Waals surface area contributed by atoms with Crippen LogP contribution in [-0.2, 0) is 23.1 Å². The SMILES string of the molecule is CCCCC=CCCCCCCCCCCC=CCCCCOC[C@H](COC)OP(=O)(O)OCC[N+](C)(C)C. The fourth-order valence-corrected chi connectivity index (χ4v) is 4.87. The molecule has 0 bridgehead atoms. The van der Waals surface area contributed by atoms with Gasteiger partial charge in [-0.15, -0.1) is 0 Å². The predicted octanol–water partition coefficient (Wildman–Crippen LogP) is 8.23. The van der Waals surface area contributed by atoms with Gasteiger partial charge < -0.3 is 18.9 Å². The molecule has 7 nitrogen and oxygen atoms in total. The van der Waals surface area contributed by atoms with Crippen LogP contribution in [0.1, 0.15) is 110 Å². The minimum atomic E-state index is -4.14. The number of hydrogen-bond acceptors (Lipinski definition) is 5. The van der Waals surface area contributed by atoms with E-state index in [2.05, 4.69) is 31.2 Å². The Balaban J connectivity index is 3.62. The average Bonchev–Trinajstić information content (AvgIpc) is 2.86. The molecule has 0 aromatic rings. The quantitative estimate of drug-likeness (QED) is 0.0418. The number of unbranched alkanes of at least 4 members (excludes halogenated alkanes) is 13. The highest BCUT2D eigenvalue weighted by atomic mass is 31.2. The lowest BCUT2D eigenvalue weighted by atomic mass is 10.1. The Kier molecular flexibility index (Phi) is 26.0. The molecular formula is C31H63NO6P+. The van der Waals surface area contributed by atoms with Gasteiger partial charge in [0, 0.05) is 13.7 Å². The maximum Gasteiger partial charge on any atom is 0.472 e. The van der Waals surface area contributed by atoms with Gasteiger partial charge in [-0.05, 0) is 51.4 Å². The van der Waals surface area contributed by atoms with Crippen molar-refractivity contribution in [2.45, 2.75) is 116 Å². The molecule has 0 aliphatic heterocycles. The van der Waals surface area contributed by atoms with Crippen molar-refractivity contribution in [2.75, 3.05) is 61.2 Å². The topological polar surface area (TPSA) is 74.2 Å². The number of hydrogen-bond donors (Lipinski definition) is 1. The van der Waals surface area contributed by atoms with Gasteiger partial charge in [0.1, 0.15) is 19.3 Å². The molecule has 0 aromatic heterocycles. The molecule has 0 saturated heterocycles. The van der Waals surface area contributed by atoms with Crippen LogP contribution in [0.15, 0.2) is 24.3 Å². The van der Waals surface area contributed by atoms with Crippen molar-refractivity contribution in [1.82, 2.24) is 0 Å². The largest absolute Gasteiger partial charge is 0.472 e. The minimum Gasteiger partial charge on any atom is -0.382 e. The Morgan fingerprint density at radius 2 is 1.21 bits per heavy atom. The summed E-state index contributed by atoms with van der Waals surface area (Å²) < 4.78 is 33.9. The number of quaternary nitrogens is 1. The summed E-state index contributed by atoms with van der Waals surface area (Å²) in [5.74, 6) is 0. The Bertz CT molecular complexity index is 635. The first-order chi connectivity index (χ1) is 18.7. The normalized spacial score (nSPS) is 14.9. The first-order valence-electron chi connectivity index (χ1n) is 15.5. The lowest BCUT2D eigenvalue weighted by Crippen LogP contribution is -2.37. The molecule has 1 unspecified atom stereocenters. The number of nitrogens with zero attached hydrogens (tertiary/aromatic N) is 1. The van der Waals surface area contributed by atoms with Crippen molar-refractivity contribution >= 4 is 7.82 Å². The average molecular weight is 577 g/mol. The van der Waals surface area contributed by atoms with Gasteiger partial charge in [-0.25, -0.2) is 4.57 Å². The summed E-state index contributed by atoms with van der Waals surface area (Å²) in [7, 11) is 3.35. The highest BCUT2D eigenvalue weighted by Crippen LogP contribution is 2.44. The molecule has 0 rings (SSSR count). The molecule has 0 amide bonds. The summed E-state index contributed by atoms with van der Waals surface area (Å²) in [6, 6.07) is 0. The van der Waals surface area contributed by atoms with E-state index in [-0.39, 0.29) is 19.8 Å². The third-order valence-corrected chi connectivity index (χ3v) is 7.49. The number of phosphoric ester groups is 1. The summed E-state index contributed by atoms with van der Waals surface area (Å²) >= 11 is 0. The van der Waals surface area contributed by atoms with E-state index in [0.29, 0.717) is 17.6 Å². The second-order valence-electron chi connectivity index (χ2n) is 11.6. The van der Waals surface area contributed by atoms with Crippen molar-refractivity contribution in [3.8, 4) is 0 Å². The van der Waals surface area contributed by atoms with Crippen molar-refractivity contribution in [2.24, 2.45) is 0 Å². The molecule has 0 aromatic carbocycles. The molecule has 0 heterocycles. The van der Waals surface area contributed by atoms with E-state index in [0.717, 1.165) is 19.3 Å². The zero-order valence-corrected chi connectivity index (χ0v) is 27.0. The van der Waals surface area contributed by atoms with Crippen LogP contribution in [0.25, 0.3) is 0 Å². The number of rotatable bonds is 29.